The molecule has 4 N–H and O–H groups in total. The van der Waals surface area contributed by atoms with Gasteiger partial charge < -0.3 is 39.4 Å². The van der Waals surface area contributed by atoms with Gasteiger partial charge in [-0.05, 0) is 71.8 Å². The highest BCUT2D eigenvalue weighted by Crippen LogP contribution is 2.38. The average molecular weight is 537 g/mol. The molecule has 0 spiro atoms. The van der Waals surface area contributed by atoms with E-state index in [2.05, 4.69) is 0 Å². The van der Waals surface area contributed by atoms with Gasteiger partial charge >= 0.3 is 0 Å². The van der Waals surface area contributed by atoms with Crippen LogP contribution in [-0.4, -0.2) is 77.7 Å². The van der Waals surface area contributed by atoms with E-state index in [1.807, 2.05) is 65.7 Å². The first-order chi connectivity index (χ1) is 18.9. The minimum Gasteiger partial charge on any atom is -0.497 e. The van der Waals surface area contributed by atoms with E-state index in [4.69, 9.17) is 24.0 Å². The minimum absolute atomic E-state index is 0.100. The first kappa shape index (κ1) is 26.9. The molecule has 10 heteroatoms. The Balaban J connectivity index is 1.38. The number of ether oxygens (including phenoxy) is 4. The lowest BCUT2D eigenvalue weighted by Gasteiger charge is -2.39. The molecule has 206 valence electrons. The smallest absolute Gasteiger partial charge is 0.229 e. The van der Waals surface area contributed by atoms with E-state index in [1.165, 1.54) is 0 Å². The molecular weight excluding hydrogens is 504 g/mol. The largest absolute Gasteiger partial charge is 0.497 e. The van der Waals surface area contributed by atoms with Gasteiger partial charge in [0.05, 0.1) is 38.3 Å². The fraction of sp³-hybridized carbons (Fsp3) is 0.345. The maximum Gasteiger partial charge on any atom is 0.229 e. The summed E-state index contributed by atoms with van der Waals surface area (Å²) in [5.74, 6) is 1.92. The zero-order valence-corrected chi connectivity index (χ0v) is 21.6. The molecule has 0 saturated carbocycles. The molecule has 2 heterocycles. The van der Waals surface area contributed by atoms with Crippen LogP contribution < -0.4 is 19.2 Å². The molecule has 1 unspecified atom stereocenters. The van der Waals surface area contributed by atoms with Crippen molar-refractivity contribution in [3.63, 3.8) is 0 Å². The van der Waals surface area contributed by atoms with Crippen molar-refractivity contribution in [3.05, 3.63) is 83.9 Å². The summed E-state index contributed by atoms with van der Waals surface area (Å²) in [5.41, 5.74) is 3.82. The molecule has 0 bridgehead atoms. The van der Waals surface area contributed by atoms with Crippen LogP contribution in [0, 0.1) is 0 Å². The highest BCUT2D eigenvalue weighted by atomic mass is 16.7. The summed E-state index contributed by atoms with van der Waals surface area (Å²) in [4.78, 5) is 0. The lowest BCUT2D eigenvalue weighted by molar-refractivity contribution is -0.277. The molecule has 1 saturated heterocycles. The summed E-state index contributed by atoms with van der Waals surface area (Å²) in [7, 11) is 3.26. The summed E-state index contributed by atoms with van der Waals surface area (Å²) in [6.45, 7) is -0.525. The number of hydrogen-bond acceptors (Lipinski definition) is 10. The Morgan fingerprint density at radius 1 is 0.795 bits per heavy atom. The third-order valence-corrected chi connectivity index (χ3v) is 7.04. The summed E-state index contributed by atoms with van der Waals surface area (Å²) in [5, 5.41) is 46.7. The van der Waals surface area contributed by atoms with Crippen molar-refractivity contribution >= 4 is 11.4 Å². The number of aliphatic hydroxyl groups is 4. The number of benzene rings is 3. The number of hydrazone groups is 1. The van der Waals surface area contributed by atoms with Crippen LogP contribution in [0.2, 0.25) is 0 Å². The predicted molar refractivity (Wildman–Crippen MR) is 143 cm³/mol. The number of hydrogen-bond donors (Lipinski definition) is 4. The van der Waals surface area contributed by atoms with Gasteiger partial charge in [-0.25, -0.2) is 0 Å². The molecule has 10 nitrogen and oxygen atoms in total. The van der Waals surface area contributed by atoms with Crippen LogP contribution in [0.5, 0.6) is 17.2 Å². The zero-order valence-electron chi connectivity index (χ0n) is 21.6. The molecule has 0 radical (unpaired) electrons. The zero-order chi connectivity index (χ0) is 27.5. The Morgan fingerprint density at radius 2 is 1.38 bits per heavy atom. The molecular formula is C29H32N2O8. The van der Waals surface area contributed by atoms with Gasteiger partial charge in [-0.2, -0.15) is 5.10 Å². The third-order valence-electron chi connectivity index (χ3n) is 7.04. The molecule has 2 aliphatic heterocycles. The average Bonchev–Trinajstić information content (AvgIpc) is 3.43. The molecule has 5 rings (SSSR count). The van der Waals surface area contributed by atoms with Gasteiger partial charge in [-0.3, -0.25) is 5.01 Å². The molecule has 0 aliphatic carbocycles. The summed E-state index contributed by atoms with van der Waals surface area (Å²) in [6, 6.07) is 22.7. The van der Waals surface area contributed by atoms with Crippen molar-refractivity contribution in [2.45, 2.75) is 43.2 Å². The van der Waals surface area contributed by atoms with E-state index in [9.17, 15) is 20.4 Å². The SMILES string of the molecule is COc1ccc(C2=NN(c3ccc(OC)cc3)C(c3ccc(O[C@@H]4O[C@H](CO)[C@@H](O)[C@@H](O)[C@H]4O)cc3)C2)cc1. The van der Waals surface area contributed by atoms with Crippen molar-refractivity contribution in [1.82, 2.24) is 0 Å². The Labute approximate surface area is 226 Å². The molecule has 3 aromatic rings. The number of aliphatic hydroxyl groups excluding tert-OH is 4. The first-order valence-corrected chi connectivity index (χ1v) is 12.6. The van der Waals surface area contributed by atoms with Gasteiger partial charge in [0.15, 0.2) is 0 Å². The second-order valence-corrected chi connectivity index (χ2v) is 9.42. The molecule has 0 amide bonds. The van der Waals surface area contributed by atoms with E-state index in [0.29, 0.717) is 12.2 Å². The number of rotatable bonds is 8. The molecule has 0 aromatic heterocycles. The maximum absolute atomic E-state index is 10.3. The van der Waals surface area contributed by atoms with Gasteiger partial charge in [-0.1, -0.05) is 12.1 Å². The Kier molecular flexibility index (Phi) is 8.01. The van der Waals surface area contributed by atoms with Crippen molar-refractivity contribution < 1.29 is 39.4 Å². The second kappa shape index (κ2) is 11.6. The summed E-state index contributed by atoms with van der Waals surface area (Å²) < 4.78 is 21.8. The summed E-state index contributed by atoms with van der Waals surface area (Å²) >= 11 is 0. The molecule has 2 aliphatic rings. The minimum atomic E-state index is -1.51. The number of anilines is 1. The number of nitrogens with zero attached hydrogens (tertiary/aromatic N) is 2. The maximum atomic E-state index is 10.3. The van der Waals surface area contributed by atoms with Crippen LogP contribution in [0.3, 0.4) is 0 Å². The fourth-order valence-corrected chi connectivity index (χ4v) is 4.77. The van der Waals surface area contributed by atoms with Crippen LogP contribution in [0.4, 0.5) is 5.69 Å². The lowest BCUT2D eigenvalue weighted by Crippen LogP contribution is -2.60. The van der Waals surface area contributed by atoms with E-state index in [0.717, 1.165) is 34.0 Å². The van der Waals surface area contributed by atoms with Crippen LogP contribution in [0.15, 0.2) is 77.9 Å². The van der Waals surface area contributed by atoms with Gasteiger partial charge in [-0.15, -0.1) is 0 Å². The number of methoxy groups -OCH3 is 2. The third kappa shape index (κ3) is 5.56. The predicted octanol–water partition coefficient (Wildman–Crippen LogP) is 2.24. The second-order valence-electron chi connectivity index (χ2n) is 9.42. The normalized spacial score (nSPS) is 26.7. The Morgan fingerprint density at radius 3 is 1.97 bits per heavy atom. The van der Waals surface area contributed by atoms with Gasteiger partial charge in [0, 0.05) is 6.42 Å². The van der Waals surface area contributed by atoms with Crippen LogP contribution in [0.25, 0.3) is 0 Å². The Bertz CT molecular complexity index is 1260. The van der Waals surface area contributed by atoms with Crippen molar-refractivity contribution in [3.8, 4) is 17.2 Å². The van der Waals surface area contributed by atoms with E-state index < -0.39 is 37.3 Å². The van der Waals surface area contributed by atoms with Gasteiger partial charge in [0.1, 0.15) is 41.7 Å². The lowest BCUT2D eigenvalue weighted by atomic mass is 9.98. The first-order valence-electron chi connectivity index (χ1n) is 12.6. The monoisotopic (exact) mass is 536 g/mol. The van der Waals surface area contributed by atoms with Crippen LogP contribution in [0.1, 0.15) is 23.6 Å². The highest BCUT2D eigenvalue weighted by molar-refractivity contribution is 6.03. The van der Waals surface area contributed by atoms with Crippen molar-refractivity contribution in [2.75, 3.05) is 25.8 Å². The van der Waals surface area contributed by atoms with Crippen LogP contribution in [-0.2, 0) is 4.74 Å². The fourth-order valence-electron chi connectivity index (χ4n) is 4.77. The van der Waals surface area contributed by atoms with E-state index >= 15 is 0 Å². The van der Waals surface area contributed by atoms with Crippen molar-refractivity contribution in [2.24, 2.45) is 5.10 Å². The van der Waals surface area contributed by atoms with Gasteiger partial charge in [0.2, 0.25) is 6.29 Å². The van der Waals surface area contributed by atoms with Crippen LogP contribution >= 0.6 is 0 Å². The van der Waals surface area contributed by atoms with E-state index in [1.54, 1.807) is 26.4 Å². The highest BCUT2D eigenvalue weighted by Gasteiger charge is 2.44. The Hall–Kier alpha value is -3.67. The van der Waals surface area contributed by atoms with Crippen molar-refractivity contribution in [1.29, 1.82) is 0 Å². The summed E-state index contributed by atoms with van der Waals surface area (Å²) in [6.07, 6.45) is -6.07. The standard InChI is InChI=1S/C29H32N2O8/c1-36-20-9-3-17(4-10-20)23-15-24(31(30-23)19-7-13-21(37-2)14-8-19)18-5-11-22(12-6-18)38-29-28(35)27(34)26(33)25(16-32)39-29/h3-14,24-29,32-35H,15-16H2,1-2H3/t24?,25-,26-,27-,28-,29-/m1/s1. The molecule has 1 fully saturated rings. The molecule has 6 atom stereocenters. The molecule has 39 heavy (non-hydrogen) atoms. The topological polar surface area (TPSA) is 133 Å². The van der Waals surface area contributed by atoms with Gasteiger partial charge in [0.25, 0.3) is 0 Å². The quantitative estimate of drug-likeness (QED) is 0.342. The van der Waals surface area contributed by atoms with E-state index in [-0.39, 0.29) is 6.04 Å². The molecule has 3 aromatic carbocycles.